The molecule has 1 saturated carbocycles. The monoisotopic (exact) mass is 210 g/mol. The minimum Gasteiger partial charge on any atom is -0.271 e. The van der Waals surface area contributed by atoms with E-state index in [9.17, 15) is 0 Å². The van der Waals surface area contributed by atoms with E-state index in [4.69, 9.17) is 5.84 Å². The largest absolute Gasteiger partial charge is 0.271 e. The van der Waals surface area contributed by atoms with Crippen LogP contribution in [0, 0.1) is 5.92 Å². The van der Waals surface area contributed by atoms with Gasteiger partial charge in [-0.15, -0.1) is 0 Å². The van der Waals surface area contributed by atoms with E-state index in [2.05, 4.69) is 22.3 Å². The van der Waals surface area contributed by atoms with Gasteiger partial charge in [-0.2, -0.15) is 11.3 Å². The Morgan fingerprint density at radius 2 is 2.43 bits per heavy atom. The van der Waals surface area contributed by atoms with Crippen molar-refractivity contribution in [2.45, 2.75) is 38.1 Å². The van der Waals surface area contributed by atoms with E-state index in [-0.39, 0.29) is 0 Å². The van der Waals surface area contributed by atoms with E-state index in [0.717, 1.165) is 12.3 Å². The molecule has 1 aliphatic carbocycles. The summed E-state index contributed by atoms with van der Waals surface area (Å²) in [6.07, 6.45) is 6.52. The molecule has 0 bridgehead atoms. The first-order valence-corrected chi connectivity index (χ1v) is 6.30. The molecule has 1 aromatic heterocycles. The van der Waals surface area contributed by atoms with Crippen LogP contribution in [0.5, 0.6) is 0 Å². The highest BCUT2D eigenvalue weighted by Gasteiger charge is 2.22. The van der Waals surface area contributed by atoms with Crippen LogP contribution in [0.2, 0.25) is 0 Å². The van der Waals surface area contributed by atoms with Gasteiger partial charge in [0.15, 0.2) is 0 Å². The van der Waals surface area contributed by atoms with E-state index >= 15 is 0 Å². The van der Waals surface area contributed by atoms with Gasteiger partial charge in [0.05, 0.1) is 0 Å². The molecule has 2 nitrogen and oxygen atoms in total. The number of thiophene rings is 1. The third-order valence-corrected chi connectivity index (χ3v) is 3.65. The predicted octanol–water partition coefficient (Wildman–Crippen LogP) is 2.31. The van der Waals surface area contributed by atoms with Crippen molar-refractivity contribution in [1.29, 1.82) is 0 Å². The van der Waals surface area contributed by atoms with Crippen LogP contribution in [0.1, 0.15) is 31.2 Å². The maximum Gasteiger partial charge on any atom is 0.0251 e. The summed E-state index contributed by atoms with van der Waals surface area (Å²) in [4.78, 5) is 0. The van der Waals surface area contributed by atoms with Gasteiger partial charge in [0.25, 0.3) is 0 Å². The summed E-state index contributed by atoms with van der Waals surface area (Å²) in [6.45, 7) is 0. The van der Waals surface area contributed by atoms with Gasteiger partial charge in [-0.25, -0.2) is 0 Å². The van der Waals surface area contributed by atoms with Crippen molar-refractivity contribution in [3.63, 3.8) is 0 Å². The molecule has 0 radical (unpaired) electrons. The maximum atomic E-state index is 5.55. The fourth-order valence-corrected chi connectivity index (χ4v) is 2.46. The first-order chi connectivity index (χ1) is 6.88. The molecule has 0 aliphatic heterocycles. The zero-order valence-corrected chi connectivity index (χ0v) is 9.22. The number of nitrogens with two attached hydrogens (primary N) is 1. The summed E-state index contributed by atoms with van der Waals surface area (Å²) >= 11 is 1.76. The molecule has 0 amide bonds. The molecule has 0 spiro atoms. The second kappa shape index (κ2) is 4.91. The Morgan fingerprint density at radius 1 is 1.57 bits per heavy atom. The van der Waals surface area contributed by atoms with Crippen LogP contribution in [-0.4, -0.2) is 6.04 Å². The summed E-state index contributed by atoms with van der Waals surface area (Å²) in [6, 6.07) is 2.65. The Kier molecular flexibility index (Phi) is 3.56. The SMILES string of the molecule is NNC(CCC1CC1)Cc1ccsc1. The van der Waals surface area contributed by atoms with E-state index in [1.165, 1.54) is 31.2 Å². The molecule has 0 aromatic carbocycles. The zero-order valence-electron chi connectivity index (χ0n) is 8.41. The Balaban J connectivity index is 1.74. The topological polar surface area (TPSA) is 38.0 Å². The number of hydrogen-bond acceptors (Lipinski definition) is 3. The second-order valence-corrected chi connectivity index (χ2v) is 5.00. The lowest BCUT2D eigenvalue weighted by Gasteiger charge is -2.14. The maximum absolute atomic E-state index is 5.55. The van der Waals surface area contributed by atoms with Crippen LogP contribution < -0.4 is 11.3 Å². The van der Waals surface area contributed by atoms with E-state index in [1.807, 2.05) is 0 Å². The first kappa shape index (κ1) is 10.1. The lowest BCUT2D eigenvalue weighted by atomic mass is 10.0. The lowest BCUT2D eigenvalue weighted by molar-refractivity contribution is 0.463. The van der Waals surface area contributed by atoms with Gasteiger partial charge >= 0.3 is 0 Å². The summed E-state index contributed by atoms with van der Waals surface area (Å²) < 4.78 is 0. The van der Waals surface area contributed by atoms with Crippen molar-refractivity contribution in [1.82, 2.24) is 5.43 Å². The summed E-state index contributed by atoms with van der Waals surface area (Å²) in [5.74, 6) is 6.56. The minimum atomic E-state index is 0.463. The van der Waals surface area contributed by atoms with Gasteiger partial charge in [0, 0.05) is 6.04 Å². The van der Waals surface area contributed by atoms with Crippen molar-refractivity contribution in [2.24, 2.45) is 11.8 Å². The molecule has 2 rings (SSSR count). The molecule has 1 heterocycles. The Hall–Kier alpha value is -0.380. The van der Waals surface area contributed by atoms with Crippen molar-refractivity contribution < 1.29 is 0 Å². The molecule has 1 unspecified atom stereocenters. The highest BCUT2D eigenvalue weighted by Crippen LogP contribution is 2.34. The molecular weight excluding hydrogens is 192 g/mol. The van der Waals surface area contributed by atoms with Crippen LogP contribution in [0.4, 0.5) is 0 Å². The van der Waals surface area contributed by atoms with Gasteiger partial charge in [0.1, 0.15) is 0 Å². The number of hydrogen-bond donors (Lipinski definition) is 2. The fraction of sp³-hybridized carbons (Fsp3) is 0.636. The average molecular weight is 210 g/mol. The van der Waals surface area contributed by atoms with Crippen molar-refractivity contribution >= 4 is 11.3 Å². The highest BCUT2D eigenvalue weighted by molar-refractivity contribution is 7.07. The summed E-state index contributed by atoms with van der Waals surface area (Å²) in [5, 5.41) is 4.34. The van der Waals surface area contributed by atoms with Gasteiger partial charge in [-0.3, -0.25) is 11.3 Å². The van der Waals surface area contributed by atoms with Crippen molar-refractivity contribution in [3.8, 4) is 0 Å². The molecule has 3 N–H and O–H groups in total. The standard InChI is InChI=1S/C11H18N2S/c12-13-11(4-3-9-1-2-9)7-10-5-6-14-8-10/h5-6,8-9,11,13H,1-4,7,12H2. The Bertz CT molecular complexity index is 254. The third kappa shape index (κ3) is 3.08. The van der Waals surface area contributed by atoms with Gasteiger partial charge in [-0.1, -0.05) is 12.8 Å². The lowest BCUT2D eigenvalue weighted by Crippen LogP contribution is -2.36. The zero-order chi connectivity index (χ0) is 9.80. The van der Waals surface area contributed by atoms with Crippen LogP contribution >= 0.6 is 11.3 Å². The normalized spacial score (nSPS) is 18.4. The van der Waals surface area contributed by atoms with E-state index in [1.54, 1.807) is 11.3 Å². The van der Waals surface area contributed by atoms with Crippen LogP contribution in [0.15, 0.2) is 16.8 Å². The molecule has 1 fully saturated rings. The van der Waals surface area contributed by atoms with Gasteiger partial charge < -0.3 is 0 Å². The number of hydrazine groups is 1. The Morgan fingerprint density at radius 3 is 3.00 bits per heavy atom. The molecule has 14 heavy (non-hydrogen) atoms. The smallest absolute Gasteiger partial charge is 0.0251 e. The minimum absolute atomic E-state index is 0.463. The fourth-order valence-electron chi connectivity index (χ4n) is 1.78. The molecule has 1 aliphatic rings. The molecule has 1 atom stereocenters. The van der Waals surface area contributed by atoms with E-state index < -0.39 is 0 Å². The Labute approximate surface area is 89.5 Å². The third-order valence-electron chi connectivity index (χ3n) is 2.92. The average Bonchev–Trinajstić information content (AvgIpc) is 2.90. The molecular formula is C11H18N2S. The molecule has 3 heteroatoms. The molecule has 78 valence electrons. The molecule has 1 aromatic rings. The first-order valence-electron chi connectivity index (χ1n) is 5.35. The van der Waals surface area contributed by atoms with Crippen LogP contribution in [0.3, 0.4) is 0 Å². The number of rotatable bonds is 6. The highest BCUT2D eigenvalue weighted by atomic mass is 32.1. The van der Waals surface area contributed by atoms with Crippen molar-refractivity contribution in [3.05, 3.63) is 22.4 Å². The number of nitrogens with one attached hydrogen (secondary N) is 1. The predicted molar refractivity (Wildman–Crippen MR) is 61.1 cm³/mol. The summed E-state index contributed by atoms with van der Waals surface area (Å²) in [5.41, 5.74) is 4.34. The van der Waals surface area contributed by atoms with Gasteiger partial charge in [-0.05, 0) is 47.6 Å². The quantitative estimate of drug-likeness (QED) is 0.558. The molecule has 0 saturated heterocycles. The summed E-state index contributed by atoms with van der Waals surface area (Å²) in [7, 11) is 0. The van der Waals surface area contributed by atoms with E-state index in [0.29, 0.717) is 6.04 Å². The van der Waals surface area contributed by atoms with Crippen LogP contribution in [-0.2, 0) is 6.42 Å². The second-order valence-electron chi connectivity index (χ2n) is 4.22. The van der Waals surface area contributed by atoms with Crippen LogP contribution in [0.25, 0.3) is 0 Å². The van der Waals surface area contributed by atoms with Gasteiger partial charge in [0.2, 0.25) is 0 Å². The van der Waals surface area contributed by atoms with Crippen molar-refractivity contribution in [2.75, 3.05) is 0 Å².